The fourth-order valence-electron chi connectivity index (χ4n) is 1.55. The minimum atomic E-state index is 0.377. The molecule has 0 fully saturated rings. The lowest BCUT2D eigenvalue weighted by molar-refractivity contribution is 0.791. The van der Waals surface area contributed by atoms with Crippen molar-refractivity contribution in [3.8, 4) is 0 Å². The van der Waals surface area contributed by atoms with Crippen molar-refractivity contribution in [1.82, 2.24) is 15.0 Å². The first-order chi connectivity index (χ1) is 8.79. The number of nitrogens with one attached hydrogen (secondary N) is 2. The zero-order valence-corrected chi connectivity index (χ0v) is 11.4. The minimum Gasteiger partial charge on any atom is -0.370 e. The summed E-state index contributed by atoms with van der Waals surface area (Å²) < 4.78 is 0. The first-order valence-electron chi connectivity index (χ1n) is 5.98. The van der Waals surface area contributed by atoms with E-state index in [1.54, 1.807) is 17.7 Å². The van der Waals surface area contributed by atoms with Crippen LogP contribution in [0.1, 0.15) is 24.8 Å². The van der Waals surface area contributed by atoms with E-state index in [2.05, 4.69) is 32.5 Å². The summed E-state index contributed by atoms with van der Waals surface area (Å²) in [4.78, 5) is 12.6. The molecule has 2 heterocycles. The van der Waals surface area contributed by atoms with Gasteiger partial charge in [0.05, 0.1) is 5.01 Å². The molecule has 0 aromatic carbocycles. The smallest absolute Gasteiger partial charge is 0.131 e. The summed E-state index contributed by atoms with van der Waals surface area (Å²) in [7, 11) is 0. The highest BCUT2D eigenvalue weighted by Gasteiger charge is 2.08. The number of rotatable bonds is 6. The Labute approximate surface area is 111 Å². The van der Waals surface area contributed by atoms with E-state index >= 15 is 0 Å². The molecule has 2 aromatic rings. The summed E-state index contributed by atoms with van der Waals surface area (Å²) in [5, 5.41) is 9.61. The van der Waals surface area contributed by atoms with Crippen molar-refractivity contribution < 1.29 is 0 Å². The third kappa shape index (κ3) is 3.40. The lowest BCUT2D eigenvalue weighted by atomic mass is 10.2. The second-order valence-electron chi connectivity index (χ2n) is 3.97. The molecule has 0 aliphatic rings. The van der Waals surface area contributed by atoms with Crippen LogP contribution in [0.25, 0.3) is 0 Å². The standard InChI is InChI=1S/C12H17N5S/c1-3-13-10-6-11(17-8-16-10)15-7-9(2)12-14-4-5-18-12/h4-6,8-9H,3,7H2,1-2H3,(H2,13,15,16,17). The molecular weight excluding hydrogens is 246 g/mol. The molecule has 0 radical (unpaired) electrons. The highest BCUT2D eigenvalue weighted by Crippen LogP contribution is 2.18. The normalized spacial score (nSPS) is 12.1. The Hall–Kier alpha value is -1.69. The van der Waals surface area contributed by atoms with Gasteiger partial charge < -0.3 is 10.6 Å². The van der Waals surface area contributed by atoms with E-state index in [9.17, 15) is 0 Å². The monoisotopic (exact) mass is 263 g/mol. The molecule has 96 valence electrons. The maximum absolute atomic E-state index is 4.31. The van der Waals surface area contributed by atoms with Gasteiger partial charge >= 0.3 is 0 Å². The van der Waals surface area contributed by atoms with Crippen molar-refractivity contribution in [2.45, 2.75) is 19.8 Å². The molecule has 0 bridgehead atoms. The number of hydrogen-bond acceptors (Lipinski definition) is 6. The molecular formula is C12H17N5S. The van der Waals surface area contributed by atoms with Crippen LogP contribution in [0.3, 0.4) is 0 Å². The Morgan fingerprint density at radius 3 is 2.67 bits per heavy atom. The molecule has 0 saturated heterocycles. The molecule has 2 rings (SSSR count). The van der Waals surface area contributed by atoms with Crippen molar-refractivity contribution >= 4 is 23.0 Å². The zero-order valence-electron chi connectivity index (χ0n) is 10.6. The Kier molecular flexibility index (Phi) is 4.46. The van der Waals surface area contributed by atoms with Crippen LogP contribution in [0.15, 0.2) is 24.0 Å². The fourth-order valence-corrected chi connectivity index (χ4v) is 2.25. The van der Waals surface area contributed by atoms with E-state index in [0.717, 1.165) is 29.7 Å². The number of anilines is 2. The molecule has 0 saturated carbocycles. The van der Waals surface area contributed by atoms with E-state index in [1.165, 1.54) is 0 Å². The van der Waals surface area contributed by atoms with Crippen molar-refractivity contribution in [3.63, 3.8) is 0 Å². The molecule has 0 spiro atoms. The average molecular weight is 263 g/mol. The van der Waals surface area contributed by atoms with Gasteiger partial charge in [-0.1, -0.05) is 6.92 Å². The third-order valence-corrected chi connectivity index (χ3v) is 3.49. The molecule has 18 heavy (non-hydrogen) atoms. The lowest BCUT2D eigenvalue weighted by Crippen LogP contribution is -2.11. The Bertz CT molecular complexity index is 471. The number of nitrogens with zero attached hydrogens (tertiary/aromatic N) is 3. The van der Waals surface area contributed by atoms with Crippen LogP contribution in [-0.2, 0) is 0 Å². The predicted octanol–water partition coefficient (Wildman–Crippen LogP) is 2.58. The van der Waals surface area contributed by atoms with Gasteiger partial charge in [0, 0.05) is 36.7 Å². The van der Waals surface area contributed by atoms with Gasteiger partial charge in [-0.25, -0.2) is 15.0 Å². The van der Waals surface area contributed by atoms with Crippen LogP contribution >= 0.6 is 11.3 Å². The maximum atomic E-state index is 4.31. The van der Waals surface area contributed by atoms with Gasteiger partial charge in [-0.15, -0.1) is 11.3 Å². The second-order valence-corrected chi connectivity index (χ2v) is 4.90. The third-order valence-electron chi connectivity index (χ3n) is 2.49. The van der Waals surface area contributed by atoms with Crippen molar-refractivity contribution in [2.75, 3.05) is 23.7 Å². The number of thiazole rings is 1. The van der Waals surface area contributed by atoms with Gasteiger partial charge in [-0.3, -0.25) is 0 Å². The van der Waals surface area contributed by atoms with Gasteiger partial charge in [0.25, 0.3) is 0 Å². The topological polar surface area (TPSA) is 62.7 Å². The minimum absolute atomic E-state index is 0.377. The Balaban J connectivity index is 1.91. The summed E-state index contributed by atoms with van der Waals surface area (Å²) in [5.74, 6) is 2.06. The average Bonchev–Trinajstić information content (AvgIpc) is 2.91. The van der Waals surface area contributed by atoms with Crippen LogP contribution in [0.4, 0.5) is 11.6 Å². The highest BCUT2D eigenvalue weighted by molar-refractivity contribution is 7.09. The molecule has 0 amide bonds. The van der Waals surface area contributed by atoms with Gasteiger partial charge in [0.15, 0.2) is 0 Å². The van der Waals surface area contributed by atoms with Gasteiger partial charge in [-0.2, -0.15) is 0 Å². The van der Waals surface area contributed by atoms with Crippen LogP contribution in [0.2, 0.25) is 0 Å². The lowest BCUT2D eigenvalue weighted by Gasteiger charge is -2.11. The first-order valence-corrected chi connectivity index (χ1v) is 6.86. The molecule has 5 nitrogen and oxygen atoms in total. The molecule has 6 heteroatoms. The summed E-state index contributed by atoms with van der Waals surface area (Å²) in [6, 6.07) is 1.91. The molecule has 1 unspecified atom stereocenters. The van der Waals surface area contributed by atoms with Crippen molar-refractivity contribution in [3.05, 3.63) is 29.0 Å². The van der Waals surface area contributed by atoms with Crippen LogP contribution < -0.4 is 10.6 Å². The first kappa shape index (κ1) is 12.8. The van der Waals surface area contributed by atoms with Crippen molar-refractivity contribution in [2.24, 2.45) is 0 Å². The van der Waals surface area contributed by atoms with Crippen molar-refractivity contribution in [1.29, 1.82) is 0 Å². The van der Waals surface area contributed by atoms with Gasteiger partial charge in [-0.05, 0) is 6.92 Å². The SMILES string of the molecule is CCNc1cc(NCC(C)c2nccs2)ncn1. The summed E-state index contributed by atoms with van der Waals surface area (Å²) >= 11 is 1.68. The number of aromatic nitrogens is 3. The maximum Gasteiger partial charge on any atom is 0.131 e. The second kappa shape index (κ2) is 6.30. The summed E-state index contributed by atoms with van der Waals surface area (Å²) in [6.45, 7) is 5.86. The zero-order chi connectivity index (χ0) is 12.8. The van der Waals surface area contributed by atoms with E-state index in [4.69, 9.17) is 0 Å². The van der Waals surface area contributed by atoms with E-state index in [0.29, 0.717) is 5.92 Å². The van der Waals surface area contributed by atoms with Gasteiger partial charge in [0.1, 0.15) is 18.0 Å². The van der Waals surface area contributed by atoms with E-state index in [-0.39, 0.29) is 0 Å². The van der Waals surface area contributed by atoms with Gasteiger partial charge in [0.2, 0.25) is 0 Å². The molecule has 1 atom stereocenters. The van der Waals surface area contributed by atoms with E-state index in [1.807, 2.05) is 24.6 Å². The van der Waals surface area contributed by atoms with E-state index < -0.39 is 0 Å². The molecule has 2 aromatic heterocycles. The van der Waals surface area contributed by atoms with Crippen LogP contribution in [0, 0.1) is 0 Å². The Morgan fingerprint density at radius 1 is 1.22 bits per heavy atom. The Morgan fingerprint density at radius 2 is 2.00 bits per heavy atom. The summed E-state index contributed by atoms with van der Waals surface area (Å²) in [5.41, 5.74) is 0. The predicted molar refractivity (Wildman–Crippen MR) is 75.2 cm³/mol. The largest absolute Gasteiger partial charge is 0.370 e. The summed E-state index contributed by atoms with van der Waals surface area (Å²) in [6.07, 6.45) is 3.40. The van der Waals surface area contributed by atoms with Crippen LogP contribution in [0.5, 0.6) is 0 Å². The molecule has 2 N–H and O–H groups in total. The highest BCUT2D eigenvalue weighted by atomic mass is 32.1. The quantitative estimate of drug-likeness (QED) is 0.838. The van der Waals surface area contributed by atoms with Crippen LogP contribution in [-0.4, -0.2) is 28.0 Å². The number of hydrogen-bond donors (Lipinski definition) is 2. The molecule has 0 aliphatic carbocycles. The fraction of sp³-hybridized carbons (Fsp3) is 0.417. The molecule has 0 aliphatic heterocycles.